The van der Waals surface area contributed by atoms with Gasteiger partial charge >= 0.3 is 0 Å². The molecule has 0 spiro atoms. The molecule has 0 heterocycles. The first-order valence-electron chi connectivity index (χ1n) is 3.09. The third kappa shape index (κ3) is 1.93. The van der Waals surface area contributed by atoms with E-state index in [1.165, 1.54) is 4.90 Å². The molecule has 0 aliphatic carbocycles. The summed E-state index contributed by atoms with van der Waals surface area (Å²) in [4.78, 5) is 1.25. The van der Waals surface area contributed by atoms with Crippen molar-refractivity contribution in [2.24, 2.45) is 0 Å². The van der Waals surface area contributed by atoms with E-state index in [9.17, 15) is 0 Å². The Morgan fingerprint density at radius 3 is 1.90 bits per heavy atom. The summed E-state index contributed by atoms with van der Waals surface area (Å²) in [5, 5.41) is 0. The molecule has 0 aromatic heterocycles. The van der Waals surface area contributed by atoms with E-state index < -0.39 is 9.24 Å². The lowest BCUT2D eigenvalue weighted by molar-refractivity contribution is 1.45. The largest absolute Gasteiger partial charge is 0.142 e. The van der Waals surface area contributed by atoms with Crippen molar-refractivity contribution < 1.29 is 0 Å². The quantitative estimate of drug-likeness (QED) is 0.613. The number of halogens is 1. The SMILES string of the molecule is CS(C)(Cl)c1ccccc1. The van der Waals surface area contributed by atoms with E-state index >= 15 is 0 Å². The van der Waals surface area contributed by atoms with Crippen molar-refractivity contribution in [3.63, 3.8) is 0 Å². The lowest BCUT2D eigenvalue weighted by Gasteiger charge is -2.21. The van der Waals surface area contributed by atoms with Crippen LogP contribution < -0.4 is 0 Å². The molecule has 0 bridgehead atoms. The number of benzene rings is 1. The first-order chi connectivity index (χ1) is 4.61. The Morgan fingerprint density at radius 2 is 1.60 bits per heavy atom. The van der Waals surface area contributed by atoms with Gasteiger partial charge in [-0.3, -0.25) is 0 Å². The minimum absolute atomic E-state index is 1.03. The summed E-state index contributed by atoms with van der Waals surface area (Å²) in [5.41, 5.74) is 0. The molecule has 1 aromatic carbocycles. The Hall–Kier alpha value is -0.140. The molecular formula is C8H11ClS. The standard InChI is InChI=1S/C8H11ClS/c1-10(2,9)8-6-4-3-5-7-8/h3-7H,1-2H3. The average Bonchev–Trinajstić information content (AvgIpc) is 1.88. The van der Waals surface area contributed by atoms with Crippen LogP contribution in [0.5, 0.6) is 0 Å². The lowest BCUT2D eigenvalue weighted by atomic mass is 10.4. The summed E-state index contributed by atoms with van der Waals surface area (Å²) in [6, 6.07) is 10.2. The Labute approximate surface area is 68.0 Å². The highest BCUT2D eigenvalue weighted by Crippen LogP contribution is 2.53. The number of hydrogen-bond donors (Lipinski definition) is 0. The predicted molar refractivity (Wildman–Crippen MR) is 50.0 cm³/mol. The van der Waals surface area contributed by atoms with E-state index in [-0.39, 0.29) is 0 Å². The summed E-state index contributed by atoms with van der Waals surface area (Å²) in [6.45, 7) is 0. The first-order valence-corrected chi connectivity index (χ1v) is 6.36. The molecule has 56 valence electrons. The molecule has 0 nitrogen and oxygen atoms in total. The maximum Gasteiger partial charge on any atom is 0.00248 e. The maximum atomic E-state index is 6.14. The first kappa shape index (κ1) is 7.96. The molecule has 0 radical (unpaired) electrons. The van der Waals surface area contributed by atoms with Crippen LogP contribution in [-0.2, 0) is 0 Å². The van der Waals surface area contributed by atoms with Crippen LogP contribution in [0.1, 0.15) is 0 Å². The highest BCUT2D eigenvalue weighted by atomic mass is 35.7. The van der Waals surface area contributed by atoms with Crippen LogP contribution in [0.15, 0.2) is 35.2 Å². The third-order valence-corrected chi connectivity index (χ3v) is 3.23. The Morgan fingerprint density at radius 1 is 1.10 bits per heavy atom. The molecule has 0 aliphatic heterocycles. The van der Waals surface area contributed by atoms with E-state index in [0.717, 1.165) is 0 Å². The van der Waals surface area contributed by atoms with E-state index in [1.54, 1.807) is 0 Å². The summed E-state index contributed by atoms with van der Waals surface area (Å²) in [7, 11) is 5.11. The highest BCUT2D eigenvalue weighted by molar-refractivity contribution is 8.50. The van der Waals surface area contributed by atoms with Crippen LogP contribution >= 0.6 is 19.9 Å². The molecule has 0 fully saturated rings. The molecule has 0 amide bonds. The fourth-order valence-corrected chi connectivity index (χ4v) is 1.86. The topological polar surface area (TPSA) is 0 Å². The lowest BCUT2D eigenvalue weighted by Crippen LogP contribution is -1.84. The molecule has 1 rings (SSSR count). The Kier molecular flexibility index (Phi) is 2.27. The van der Waals surface area contributed by atoms with Gasteiger partial charge in [-0.15, -0.1) is 9.24 Å². The minimum atomic E-state index is -1.03. The molecule has 1 aromatic rings. The van der Waals surface area contributed by atoms with Crippen molar-refractivity contribution in [1.82, 2.24) is 0 Å². The third-order valence-electron chi connectivity index (χ3n) is 1.30. The van der Waals surface area contributed by atoms with Gasteiger partial charge in [0.1, 0.15) is 0 Å². The van der Waals surface area contributed by atoms with Gasteiger partial charge < -0.3 is 0 Å². The fourth-order valence-electron chi connectivity index (χ4n) is 0.744. The van der Waals surface area contributed by atoms with E-state index in [1.807, 2.05) is 18.2 Å². The van der Waals surface area contributed by atoms with Crippen LogP contribution in [0.2, 0.25) is 0 Å². The van der Waals surface area contributed by atoms with Gasteiger partial charge in [0.05, 0.1) is 0 Å². The second-order valence-electron chi connectivity index (χ2n) is 2.52. The molecule has 0 N–H and O–H groups in total. The van der Waals surface area contributed by atoms with Crippen molar-refractivity contribution in [2.75, 3.05) is 12.5 Å². The van der Waals surface area contributed by atoms with Crippen molar-refractivity contribution in [3.05, 3.63) is 30.3 Å². The molecule has 0 unspecified atom stereocenters. The van der Waals surface area contributed by atoms with Crippen molar-refractivity contribution >= 4 is 19.9 Å². The van der Waals surface area contributed by atoms with Crippen molar-refractivity contribution in [3.8, 4) is 0 Å². The van der Waals surface area contributed by atoms with Gasteiger partial charge in [0.2, 0.25) is 0 Å². The Bertz CT molecular complexity index is 200. The second kappa shape index (κ2) is 2.85. The average molecular weight is 175 g/mol. The molecule has 0 atom stereocenters. The monoisotopic (exact) mass is 174 g/mol. The molecule has 10 heavy (non-hydrogen) atoms. The van der Waals surface area contributed by atoms with Gasteiger partial charge in [-0.25, -0.2) is 0 Å². The highest BCUT2D eigenvalue weighted by Gasteiger charge is 2.07. The van der Waals surface area contributed by atoms with Crippen LogP contribution in [0.3, 0.4) is 0 Å². The molecule has 2 heteroatoms. The zero-order valence-corrected chi connectivity index (χ0v) is 7.75. The van der Waals surface area contributed by atoms with Crippen LogP contribution in [-0.4, -0.2) is 12.5 Å². The smallest absolute Gasteiger partial charge is 0.00248 e. The van der Waals surface area contributed by atoms with E-state index in [4.69, 9.17) is 10.7 Å². The fraction of sp³-hybridized carbons (Fsp3) is 0.250. The van der Waals surface area contributed by atoms with Gasteiger partial charge in [0.25, 0.3) is 0 Å². The predicted octanol–water partition coefficient (Wildman–Crippen LogP) is 3.26. The van der Waals surface area contributed by atoms with Crippen LogP contribution in [0.4, 0.5) is 0 Å². The van der Waals surface area contributed by atoms with Crippen molar-refractivity contribution in [2.45, 2.75) is 4.90 Å². The van der Waals surface area contributed by atoms with Gasteiger partial charge in [-0.05, 0) is 24.6 Å². The molecule has 0 aliphatic rings. The zero-order valence-electron chi connectivity index (χ0n) is 6.17. The van der Waals surface area contributed by atoms with Crippen LogP contribution in [0.25, 0.3) is 0 Å². The molecule has 0 saturated heterocycles. The van der Waals surface area contributed by atoms with Gasteiger partial charge in [0, 0.05) is 4.90 Å². The van der Waals surface area contributed by atoms with E-state index in [2.05, 4.69) is 24.6 Å². The summed E-state index contributed by atoms with van der Waals surface area (Å²) < 4.78 is 0. The van der Waals surface area contributed by atoms with E-state index in [0.29, 0.717) is 0 Å². The van der Waals surface area contributed by atoms with Gasteiger partial charge in [-0.1, -0.05) is 28.9 Å². The Balaban J connectivity index is 2.97. The van der Waals surface area contributed by atoms with Crippen LogP contribution in [0, 0.1) is 0 Å². The number of hydrogen-bond acceptors (Lipinski definition) is 0. The number of rotatable bonds is 1. The summed E-state index contributed by atoms with van der Waals surface area (Å²) in [6.07, 6.45) is 4.15. The summed E-state index contributed by atoms with van der Waals surface area (Å²) >= 11 is 0. The zero-order chi connectivity index (χ0) is 7.61. The normalized spacial score (nSPS) is 13.1. The maximum absolute atomic E-state index is 6.14. The molecular weight excluding hydrogens is 164 g/mol. The van der Waals surface area contributed by atoms with Crippen molar-refractivity contribution in [1.29, 1.82) is 0 Å². The van der Waals surface area contributed by atoms with Gasteiger partial charge in [0.15, 0.2) is 0 Å². The molecule has 0 saturated carbocycles. The minimum Gasteiger partial charge on any atom is -0.142 e. The van der Waals surface area contributed by atoms with Gasteiger partial charge in [-0.2, -0.15) is 0 Å². The summed E-state index contributed by atoms with van der Waals surface area (Å²) in [5.74, 6) is 0. The second-order valence-corrected chi connectivity index (χ2v) is 7.71.